The van der Waals surface area contributed by atoms with E-state index < -0.39 is 0 Å². The number of hydrogen-bond donors (Lipinski definition) is 0. The molecule has 2 amide bonds. The van der Waals surface area contributed by atoms with Crippen LogP contribution in [0.5, 0.6) is 0 Å². The summed E-state index contributed by atoms with van der Waals surface area (Å²) < 4.78 is 24.2. The molecule has 0 aliphatic carbocycles. The minimum absolute atomic E-state index is 0.0434. The van der Waals surface area contributed by atoms with Gasteiger partial charge in [-0.05, 0) is 54.6 Å². The van der Waals surface area contributed by atoms with Gasteiger partial charge in [-0.25, -0.2) is 4.39 Å². The normalized spacial score (nSPS) is 10.8. The van der Waals surface area contributed by atoms with Gasteiger partial charge in [0.15, 0.2) is 0 Å². The summed E-state index contributed by atoms with van der Waals surface area (Å²) in [5, 5.41) is 1.93. The number of nitrogens with zero attached hydrogens (tertiary/aromatic N) is 2. The molecule has 0 fully saturated rings. The van der Waals surface area contributed by atoms with Crippen molar-refractivity contribution in [2.24, 2.45) is 0 Å². The molecule has 6 nitrogen and oxygen atoms in total. The third-order valence-corrected chi connectivity index (χ3v) is 5.95. The molecule has 33 heavy (non-hydrogen) atoms. The molecule has 0 radical (unpaired) electrons. The molecule has 0 saturated carbocycles. The first-order chi connectivity index (χ1) is 16.0. The van der Waals surface area contributed by atoms with Gasteiger partial charge in [-0.1, -0.05) is 18.2 Å². The molecule has 0 aliphatic heterocycles. The van der Waals surface area contributed by atoms with Gasteiger partial charge in [-0.3, -0.25) is 9.59 Å². The molecule has 2 heterocycles. The molecule has 0 atom stereocenters. The Morgan fingerprint density at radius 2 is 1.85 bits per heavy atom. The second-order valence-electron chi connectivity index (χ2n) is 7.58. The predicted octanol–water partition coefficient (Wildman–Crippen LogP) is 4.51. The van der Waals surface area contributed by atoms with Gasteiger partial charge in [0.25, 0.3) is 0 Å². The van der Waals surface area contributed by atoms with Crippen LogP contribution < -0.4 is 0 Å². The molecule has 1 aromatic carbocycles. The summed E-state index contributed by atoms with van der Waals surface area (Å²) >= 11 is 1.52. The first-order valence-electron chi connectivity index (χ1n) is 11.0. The molecule has 3 rings (SSSR count). The third-order valence-electron chi connectivity index (χ3n) is 5.07. The zero-order valence-corrected chi connectivity index (χ0v) is 19.6. The van der Waals surface area contributed by atoms with Crippen molar-refractivity contribution in [1.29, 1.82) is 0 Å². The van der Waals surface area contributed by atoms with Gasteiger partial charge in [-0.15, -0.1) is 11.3 Å². The fraction of sp³-hybridized carbons (Fsp3) is 0.360. The quantitative estimate of drug-likeness (QED) is 0.344. The molecule has 0 bridgehead atoms. The topological polar surface area (TPSA) is 63.0 Å². The van der Waals surface area contributed by atoms with Crippen molar-refractivity contribution in [3.63, 3.8) is 0 Å². The summed E-state index contributed by atoms with van der Waals surface area (Å²) in [6.45, 7) is 3.99. The summed E-state index contributed by atoms with van der Waals surface area (Å²) in [7, 11) is 0. The van der Waals surface area contributed by atoms with Gasteiger partial charge in [-0.2, -0.15) is 0 Å². The molecule has 0 spiro atoms. The molecule has 3 aromatic rings. The standard InChI is InChI=1S/C25H29FN2O4S/c1-2-31-13-5-12-27(24(29)16-23-7-4-15-33-23)19-25(30)28(18-22-6-3-14-32-22)17-20-8-10-21(26)11-9-20/h3-4,6-11,14-15H,2,5,12-13,16-19H2,1H3. The second kappa shape index (κ2) is 12.9. The highest BCUT2D eigenvalue weighted by Gasteiger charge is 2.23. The van der Waals surface area contributed by atoms with E-state index in [1.165, 1.54) is 23.5 Å². The van der Waals surface area contributed by atoms with Crippen molar-refractivity contribution in [2.75, 3.05) is 26.3 Å². The van der Waals surface area contributed by atoms with Crippen molar-refractivity contribution in [3.8, 4) is 0 Å². The Kier molecular flexibility index (Phi) is 9.65. The van der Waals surface area contributed by atoms with Crippen molar-refractivity contribution < 1.29 is 23.1 Å². The molecule has 0 N–H and O–H groups in total. The van der Waals surface area contributed by atoms with Gasteiger partial charge in [0.05, 0.1) is 25.8 Å². The Morgan fingerprint density at radius 1 is 1.03 bits per heavy atom. The van der Waals surface area contributed by atoms with Crippen molar-refractivity contribution >= 4 is 23.2 Å². The lowest BCUT2D eigenvalue weighted by Gasteiger charge is -2.27. The maximum absolute atomic E-state index is 13.3. The SMILES string of the molecule is CCOCCCN(CC(=O)N(Cc1ccc(F)cc1)Cc1ccco1)C(=O)Cc1cccs1. The first kappa shape index (κ1) is 24.7. The van der Waals surface area contributed by atoms with Crippen LogP contribution in [-0.2, 0) is 33.8 Å². The number of benzene rings is 1. The Hall–Kier alpha value is -2.97. The van der Waals surface area contributed by atoms with Gasteiger partial charge in [0, 0.05) is 31.2 Å². The van der Waals surface area contributed by atoms with Gasteiger partial charge in [0.1, 0.15) is 11.6 Å². The Balaban J connectivity index is 1.71. The monoisotopic (exact) mass is 472 g/mol. The number of hydrogen-bond acceptors (Lipinski definition) is 5. The Morgan fingerprint density at radius 3 is 2.52 bits per heavy atom. The van der Waals surface area contributed by atoms with Gasteiger partial charge < -0.3 is 19.0 Å². The molecule has 2 aromatic heterocycles. The number of carbonyl (C=O) groups excluding carboxylic acids is 2. The van der Waals surface area contributed by atoms with E-state index in [1.54, 1.807) is 40.3 Å². The van der Waals surface area contributed by atoms with Crippen LogP contribution in [0, 0.1) is 5.82 Å². The number of rotatable bonds is 13. The van der Waals surface area contributed by atoms with Gasteiger partial charge >= 0.3 is 0 Å². The lowest BCUT2D eigenvalue weighted by atomic mass is 10.2. The van der Waals surface area contributed by atoms with Crippen LogP contribution in [0.15, 0.2) is 64.6 Å². The molecule has 176 valence electrons. The fourth-order valence-corrected chi connectivity index (χ4v) is 4.06. The minimum Gasteiger partial charge on any atom is -0.467 e. The molecule has 0 aliphatic rings. The summed E-state index contributed by atoms with van der Waals surface area (Å²) in [5.41, 5.74) is 0.795. The first-order valence-corrected chi connectivity index (χ1v) is 11.9. The second-order valence-corrected chi connectivity index (χ2v) is 8.61. The predicted molar refractivity (Wildman–Crippen MR) is 125 cm³/mol. The number of furan rings is 1. The highest BCUT2D eigenvalue weighted by atomic mass is 32.1. The molecular weight excluding hydrogens is 443 g/mol. The van der Waals surface area contributed by atoms with Crippen molar-refractivity contribution in [1.82, 2.24) is 9.80 Å². The molecule has 0 saturated heterocycles. The van der Waals surface area contributed by atoms with E-state index >= 15 is 0 Å². The summed E-state index contributed by atoms with van der Waals surface area (Å²) in [6.07, 6.45) is 2.46. The highest BCUT2D eigenvalue weighted by molar-refractivity contribution is 7.10. The van der Waals surface area contributed by atoms with Crippen molar-refractivity contribution in [3.05, 3.63) is 82.2 Å². The van der Waals surface area contributed by atoms with Crippen LogP contribution in [0.2, 0.25) is 0 Å². The van der Waals surface area contributed by atoms with E-state index in [9.17, 15) is 14.0 Å². The molecule has 0 unspecified atom stereocenters. The van der Waals surface area contributed by atoms with Crippen LogP contribution in [0.3, 0.4) is 0 Å². The maximum atomic E-state index is 13.3. The largest absolute Gasteiger partial charge is 0.467 e. The van der Waals surface area contributed by atoms with E-state index in [2.05, 4.69) is 0 Å². The number of carbonyl (C=O) groups is 2. The van der Waals surface area contributed by atoms with Gasteiger partial charge in [0.2, 0.25) is 11.8 Å². The van der Waals surface area contributed by atoms with Crippen molar-refractivity contribution in [2.45, 2.75) is 32.9 Å². The highest BCUT2D eigenvalue weighted by Crippen LogP contribution is 2.14. The van der Waals surface area contributed by atoms with Crippen LogP contribution in [0.1, 0.15) is 29.5 Å². The lowest BCUT2D eigenvalue weighted by Crippen LogP contribution is -2.43. The Bertz CT molecular complexity index is 975. The average molecular weight is 473 g/mol. The maximum Gasteiger partial charge on any atom is 0.242 e. The fourth-order valence-electron chi connectivity index (χ4n) is 3.36. The summed E-state index contributed by atoms with van der Waals surface area (Å²) in [5.74, 6) is 0.00858. The van der Waals surface area contributed by atoms with E-state index in [-0.39, 0.29) is 43.7 Å². The van der Waals surface area contributed by atoms with Crippen LogP contribution in [-0.4, -0.2) is 47.9 Å². The number of halogens is 1. The summed E-state index contributed by atoms with van der Waals surface area (Å²) in [6, 6.07) is 13.4. The third kappa shape index (κ3) is 8.14. The minimum atomic E-state index is -0.331. The zero-order chi connectivity index (χ0) is 23.5. The van der Waals surface area contributed by atoms with Crippen LogP contribution >= 0.6 is 11.3 Å². The average Bonchev–Trinajstić information content (AvgIpc) is 3.51. The number of ether oxygens (including phenoxy) is 1. The van der Waals surface area contributed by atoms with Crippen LogP contribution in [0.25, 0.3) is 0 Å². The van der Waals surface area contributed by atoms with E-state index in [0.29, 0.717) is 31.9 Å². The van der Waals surface area contributed by atoms with E-state index in [1.807, 2.05) is 24.4 Å². The Labute approximate surface area is 197 Å². The lowest BCUT2D eigenvalue weighted by molar-refractivity contribution is -0.141. The molecular formula is C25H29FN2O4S. The smallest absolute Gasteiger partial charge is 0.242 e. The molecule has 8 heteroatoms. The van der Waals surface area contributed by atoms with E-state index in [4.69, 9.17) is 9.15 Å². The van der Waals surface area contributed by atoms with E-state index in [0.717, 1.165) is 10.4 Å². The number of amides is 2. The summed E-state index contributed by atoms with van der Waals surface area (Å²) in [4.78, 5) is 30.5. The zero-order valence-electron chi connectivity index (χ0n) is 18.7. The van der Waals surface area contributed by atoms with Crippen LogP contribution in [0.4, 0.5) is 4.39 Å². The number of thiophene rings is 1.